The van der Waals surface area contributed by atoms with E-state index in [0.717, 1.165) is 17.6 Å². The number of thioether (sulfide) groups is 1. The number of carbonyl (C=O) groups excluding carboxylic acids is 2. The van der Waals surface area contributed by atoms with Gasteiger partial charge in [-0.25, -0.2) is 4.79 Å². The van der Waals surface area contributed by atoms with Crippen LogP contribution in [0.25, 0.3) is 0 Å². The zero-order chi connectivity index (χ0) is 18.0. The highest BCUT2D eigenvalue weighted by atomic mass is 32.2. The van der Waals surface area contributed by atoms with Gasteiger partial charge >= 0.3 is 5.97 Å². The lowest BCUT2D eigenvalue weighted by Gasteiger charge is -2.49. The number of carboxylic acids is 1. The van der Waals surface area contributed by atoms with E-state index in [1.807, 2.05) is 37.3 Å². The van der Waals surface area contributed by atoms with E-state index >= 15 is 0 Å². The highest BCUT2D eigenvalue weighted by molar-refractivity contribution is 8.00. The minimum Gasteiger partial charge on any atom is -0.477 e. The quantitative estimate of drug-likeness (QED) is 0.755. The number of carboxylic acid groups (broad SMARTS) is 1. The Bertz CT molecular complexity index is 732. The zero-order valence-electron chi connectivity index (χ0n) is 13.9. The van der Waals surface area contributed by atoms with Crippen LogP contribution in [-0.2, 0) is 20.8 Å². The first-order valence-electron chi connectivity index (χ1n) is 8.26. The minimum atomic E-state index is -1.07. The van der Waals surface area contributed by atoms with Crippen LogP contribution in [-0.4, -0.2) is 45.0 Å². The smallest absolute Gasteiger partial charge is 0.352 e. The van der Waals surface area contributed by atoms with Crippen molar-refractivity contribution in [1.29, 1.82) is 0 Å². The van der Waals surface area contributed by atoms with E-state index in [2.05, 4.69) is 5.32 Å². The Balaban J connectivity index is 1.69. The molecule has 1 aromatic carbocycles. The molecular formula is C18H20N2O4S. The summed E-state index contributed by atoms with van der Waals surface area (Å²) in [6.07, 6.45) is 1.69. The SMILES string of the molecule is CCCC1=C(C(=O)O)N2C(=O)C(NC(=O)Cc3ccccc3)C2SC1. The Kier molecular flexibility index (Phi) is 5.13. The number of rotatable bonds is 6. The van der Waals surface area contributed by atoms with E-state index in [1.54, 1.807) is 0 Å². The van der Waals surface area contributed by atoms with Gasteiger partial charge in [-0.2, -0.15) is 0 Å². The Morgan fingerprint density at radius 3 is 2.68 bits per heavy atom. The molecule has 0 aromatic heterocycles. The van der Waals surface area contributed by atoms with Crippen LogP contribution in [0.15, 0.2) is 41.6 Å². The molecule has 0 spiro atoms. The molecule has 0 bridgehead atoms. The van der Waals surface area contributed by atoms with Gasteiger partial charge < -0.3 is 10.4 Å². The van der Waals surface area contributed by atoms with Crippen LogP contribution in [0.1, 0.15) is 25.3 Å². The molecule has 2 unspecified atom stereocenters. The third-order valence-electron chi connectivity index (χ3n) is 4.33. The van der Waals surface area contributed by atoms with Crippen molar-refractivity contribution in [1.82, 2.24) is 10.2 Å². The second-order valence-corrected chi connectivity index (χ2v) is 7.23. The van der Waals surface area contributed by atoms with Gasteiger partial charge in [-0.3, -0.25) is 14.5 Å². The third-order valence-corrected chi connectivity index (χ3v) is 5.67. The molecule has 1 fully saturated rings. The first-order valence-corrected chi connectivity index (χ1v) is 9.31. The largest absolute Gasteiger partial charge is 0.477 e. The molecule has 2 aliphatic rings. The molecule has 6 nitrogen and oxygen atoms in total. The van der Waals surface area contributed by atoms with Gasteiger partial charge in [-0.15, -0.1) is 11.8 Å². The summed E-state index contributed by atoms with van der Waals surface area (Å²) < 4.78 is 0. The average Bonchev–Trinajstić information content (AvgIpc) is 2.60. The molecule has 0 saturated carbocycles. The van der Waals surface area contributed by atoms with Crippen molar-refractivity contribution in [3.05, 3.63) is 47.2 Å². The van der Waals surface area contributed by atoms with Gasteiger partial charge in [0.25, 0.3) is 5.91 Å². The Hall–Kier alpha value is -2.28. The first-order chi connectivity index (χ1) is 12.0. The third kappa shape index (κ3) is 3.42. The monoisotopic (exact) mass is 360 g/mol. The van der Waals surface area contributed by atoms with Crippen LogP contribution in [0.3, 0.4) is 0 Å². The summed E-state index contributed by atoms with van der Waals surface area (Å²) in [6, 6.07) is 8.64. The van der Waals surface area contributed by atoms with Crippen molar-refractivity contribution in [3.8, 4) is 0 Å². The number of carbonyl (C=O) groups is 3. The van der Waals surface area contributed by atoms with Gasteiger partial charge in [-0.1, -0.05) is 43.7 Å². The normalized spacial score (nSPS) is 22.3. The molecule has 25 heavy (non-hydrogen) atoms. The van der Waals surface area contributed by atoms with Crippen molar-refractivity contribution in [2.24, 2.45) is 0 Å². The summed E-state index contributed by atoms with van der Waals surface area (Å²) in [6.45, 7) is 1.98. The summed E-state index contributed by atoms with van der Waals surface area (Å²) in [5.74, 6) is -1.07. The Morgan fingerprint density at radius 1 is 1.32 bits per heavy atom. The number of nitrogens with zero attached hydrogens (tertiary/aromatic N) is 1. The first kappa shape index (κ1) is 17.5. The zero-order valence-corrected chi connectivity index (χ0v) is 14.7. The second kappa shape index (κ2) is 7.31. The van der Waals surface area contributed by atoms with Crippen LogP contribution in [0, 0.1) is 0 Å². The van der Waals surface area contributed by atoms with E-state index in [9.17, 15) is 19.5 Å². The number of fused-ring (bicyclic) bond motifs is 1. The number of hydrogen-bond acceptors (Lipinski definition) is 4. The predicted molar refractivity (Wildman–Crippen MR) is 94.7 cm³/mol. The summed E-state index contributed by atoms with van der Waals surface area (Å²) in [5.41, 5.74) is 1.76. The number of amides is 2. The summed E-state index contributed by atoms with van der Waals surface area (Å²) in [5, 5.41) is 11.9. The molecule has 3 rings (SSSR count). The summed E-state index contributed by atoms with van der Waals surface area (Å²) >= 11 is 1.51. The van der Waals surface area contributed by atoms with Gasteiger partial charge in [-0.05, 0) is 17.6 Å². The van der Waals surface area contributed by atoms with Crippen LogP contribution >= 0.6 is 11.8 Å². The molecule has 0 aliphatic carbocycles. The number of nitrogens with one attached hydrogen (secondary N) is 1. The van der Waals surface area contributed by atoms with Crippen LogP contribution in [0.2, 0.25) is 0 Å². The van der Waals surface area contributed by atoms with Gasteiger partial charge in [0.15, 0.2) is 0 Å². The highest BCUT2D eigenvalue weighted by Gasteiger charge is 2.53. The Labute approximate surface area is 150 Å². The molecule has 1 saturated heterocycles. The average molecular weight is 360 g/mol. The maximum Gasteiger partial charge on any atom is 0.352 e. The lowest BCUT2D eigenvalue weighted by Crippen LogP contribution is -2.70. The van der Waals surface area contributed by atoms with Crippen molar-refractivity contribution >= 4 is 29.5 Å². The van der Waals surface area contributed by atoms with Crippen molar-refractivity contribution < 1.29 is 19.5 Å². The van der Waals surface area contributed by atoms with E-state index in [4.69, 9.17) is 0 Å². The maximum absolute atomic E-state index is 12.4. The van der Waals surface area contributed by atoms with Gasteiger partial charge in [0.1, 0.15) is 17.1 Å². The molecule has 2 amide bonds. The lowest BCUT2D eigenvalue weighted by atomic mass is 10.0. The molecule has 7 heteroatoms. The number of aliphatic carboxylic acids is 1. The van der Waals surface area contributed by atoms with Gasteiger partial charge in [0.2, 0.25) is 5.91 Å². The van der Waals surface area contributed by atoms with Crippen LogP contribution < -0.4 is 5.32 Å². The predicted octanol–water partition coefficient (Wildman–Crippen LogP) is 1.77. The van der Waals surface area contributed by atoms with Gasteiger partial charge in [0, 0.05) is 5.75 Å². The molecule has 2 aliphatic heterocycles. The molecular weight excluding hydrogens is 340 g/mol. The van der Waals surface area contributed by atoms with Crippen molar-refractivity contribution in [2.75, 3.05) is 5.75 Å². The number of β-lactam (4-membered cyclic amide) rings is 1. The van der Waals surface area contributed by atoms with E-state index < -0.39 is 12.0 Å². The lowest BCUT2D eigenvalue weighted by molar-refractivity contribution is -0.150. The number of benzene rings is 1. The molecule has 0 radical (unpaired) electrons. The molecule has 2 atom stereocenters. The molecule has 132 valence electrons. The topological polar surface area (TPSA) is 86.7 Å². The highest BCUT2D eigenvalue weighted by Crippen LogP contribution is 2.41. The fourth-order valence-corrected chi connectivity index (χ4v) is 4.57. The minimum absolute atomic E-state index is 0.101. The van der Waals surface area contributed by atoms with E-state index in [-0.39, 0.29) is 29.3 Å². The maximum atomic E-state index is 12.4. The molecule has 2 N–H and O–H groups in total. The molecule has 2 heterocycles. The second-order valence-electron chi connectivity index (χ2n) is 6.12. The van der Waals surface area contributed by atoms with Gasteiger partial charge in [0.05, 0.1) is 6.42 Å². The van der Waals surface area contributed by atoms with Crippen molar-refractivity contribution in [2.45, 2.75) is 37.6 Å². The fraction of sp³-hybridized carbons (Fsp3) is 0.389. The van der Waals surface area contributed by atoms with Crippen LogP contribution in [0.5, 0.6) is 0 Å². The van der Waals surface area contributed by atoms with Crippen molar-refractivity contribution in [3.63, 3.8) is 0 Å². The van der Waals surface area contributed by atoms with E-state index in [0.29, 0.717) is 12.2 Å². The standard InChI is InChI=1S/C18H20N2O4S/c1-2-6-12-10-25-17-14(16(22)20(17)15(12)18(23)24)19-13(21)9-11-7-4-3-5-8-11/h3-5,7-8,14,17H,2,6,9-10H2,1H3,(H,19,21)(H,23,24). The van der Waals surface area contributed by atoms with Crippen LogP contribution in [0.4, 0.5) is 0 Å². The Morgan fingerprint density at radius 2 is 2.04 bits per heavy atom. The summed E-state index contributed by atoms with van der Waals surface area (Å²) in [7, 11) is 0. The summed E-state index contributed by atoms with van der Waals surface area (Å²) in [4.78, 5) is 37.6. The fourth-order valence-electron chi connectivity index (χ4n) is 3.18. The van der Waals surface area contributed by atoms with E-state index in [1.165, 1.54) is 16.7 Å². The molecule has 1 aromatic rings. The number of hydrogen-bond donors (Lipinski definition) is 2.